The second-order valence-electron chi connectivity index (χ2n) is 6.61. The van der Waals surface area contributed by atoms with Gasteiger partial charge in [0.2, 0.25) is 0 Å². The highest BCUT2D eigenvalue weighted by Gasteiger charge is 2.59. The van der Waals surface area contributed by atoms with E-state index >= 15 is 0 Å². The van der Waals surface area contributed by atoms with Gasteiger partial charge in [-0.3, -0.25) is 4.79 Å². The first kappa shape index (κ1) is 11.6. The monoisotopic (exact) mass is 236 g/mol. The Hall–Kier alpha value is -0.530. The summed E-state index contributed by atoms with van der Waals surface area (Å²) in [5.41, 5.74) is -0.312. The first-order chi connectivity index (χ1) is 8.23. The van der Waals surface area contributed by atoms with Gasteiger partial charge in [0.15, 0.2) is 0 Å². The standard InChI is InChI=1S/C15H24O2/c16-14(17)15(10-11-7-8-13(15)9-11)12-5-3-1-2-4-6-12/h11-13H,1-10H2,(H,16,17). The molecule has 96 valence electrons. The average Bonchev–Trinajstić information content (AvgIpc) is 2.81. The molecule has 3 unspecified atom stereocenters. The van der Waals surface area contributed by atoms with Crippen molar-refractivity contribution in [1.82, 2.24) is 0 Å². The molecule has 0 heterocycles. The largest absolute Gasteiger partial charge is 0.481 e. The van der Waals surface area contributed by atoms with Crippen molar-refractivity contribution in [2.24, 2.45) is 23.2 Å². The van der Waals surface area contributed by atoms with Crippen molar-refractivity contribution in [1.29, 1.82) is 0 Å². The average molecular weight is 236 g/mol. The molecule has 2 heteroatoms. The van der Waals surface area contributed by atoms with Crippen LogP contribution in [0.2, 0.25) is 0 Å². The Balaban J connectivity index is 1.86. The van der Waals surface area contributed by atoms with Crippen molar-refractivity contribution in [3.8, 4) is 0 Å². The minimum atomic E-state index is -0.461. The van der Waals surface area contributed by atoms with Crippen LogP contribution in [0.15, 0.2) is 0 Å². The van der Waals surface area contributed by atoms with Gasteiger partial charge in [0.25, 0.3) is 0 Å². The van der Waals surface area contributed by atoms with Crippen molar-refractivity contribution < 1.29 is 9.90 Å². The summed E-state index contributed by atoms with van der Waals surface area (Å²) in [5.74, 6) is 1.27. The maximum Gasteiger partial charge on any atom is 0.310 e. The molecule has 0 saturated heterocycles. The lowest BCUT2D eigenvalue weighted by atomic mass is 9.62. The van der Waals surface area contributed by atoms with Crippen molar-refractivity contribution in [2.45, 2.75) is 64.2 Å². The Morgan fingerprint density at radius 1 is 0.941 bits per heavy atom. The molecule has 3 fully saturated rings. The highest BCUT2D eigenvalue weighted by atomic mass is 16.4. The van der Waals surface area contributed by atoms with Gasteiger partial charge in [0.1, 0.15) is 0 Å². The molecular formula is C15H24O2. The van der Waals surface area contributed by atoms with Crippen LogP contribution in [0.5, 0.6) is 0 Å². The molecule has 3 atom stereocenters. The molecule has 2 bridgehead atoms. The van der Waals surface area contributed by atoms with E-state index in [0.29, 0.717) is 11.8 Å². The first-order valence-corrected chi connectivity index (χ1v) is 7.47. The Morgan fingerprint density at radius 2 is 1.65 bits per heavy atom. The normalized spacial score (nSPS) is 42.6. The molecule has 0 aromatic carbocycles. The molecule has 3 aliphatic rings. The number of carboxylic acid groups (broad SMARTS) is 1. The van der Waals surface area contributed by atoms with Crippen LogP contribution < -0.4 is 0 Å². The predicted molar refractivity (Wildman–Crippen MR) is 66.7 cm³/mol. The van der Waals surface area contributed by atoms with Crippen LogP contribution in [0.4, 0.5) is 0 Å². The van der Waals surface area contributed by atoms with E-state index in [0.717, 1.165) is 12.3 Å². The SMILES string of the molecule is O=C(O)C1(C2CCCCCC2)CC2CCC1C2. The van der Waals surface area contributed by atoms with Gasteiger partial charge in [-0.25, -0.2) is 0 Å². The fraction of sp³-hybridized carbons (Fsp3) is 0.933. The summed E-state index contributed by atoms with van der Waals surface area (Å²) in [6, 6.07) is 0. The van der Waals surface area contributed by atoms with Crippen LogP contribution in [0.1, 0.15) is 64.2 Å². The third kappa shape index (κ3) is 1.71. The van der Waals surface area contributed by atoms with E-state index in [4.69, 9.17) is 0 Å². The summed E-state index contributed by atoms with van der Waals surface area (Å²) < 4.78 is 0. The summed E-state index contributed by atoms with van der Waals surface area (Å²) in [6.07, 6.45) is 12.2. The minimum Gasteiger partial charge on any atom is -0.481 e. The number of fused-ring (bicyclic) bond motifs is 2. The van der Waals surface area contributed by atoms with E-state index in [9.17, 15) is 9.90 Å². The van der Waals surface area contributed by atoms with Crippen molar-refractivity contribution in [3.05, 3.63) is 0 Å². The maximum atomic E-state index is 11.9. The van der Waals surface area contributed by atoms with Crippen molar-refractivity contribution in [2.75, 3.05) is 0 Å². The van der Waals surface area contributed by atoms with Gasteiger partial charge in [0, 0.05) is 0 Å². The van der Waals surface area contributed by atoms with E-state index in [-0.39, 0.29) is 5.41 Å². The minimum absolute atomic E-state index is 0.312. The number of carboxylic acids is 1. The lowest BCUT2D eigenvalue weighted by Crippen LogP contribution is -2.43. The highest BCUT2D eigenvalue weighted by molar-refractivity contribution is 5.76. The zero-order chi connectivity index (χ0) is 11.9. The molecule has 17 heavy (non-hydrogen) atoms. The van der Waals surface area contributed by atoms with Crippen molar-refractivity contribution >= 4 is 5.97 Å². The van der Waals surface area contributed by atoms with Crippen LogP contribution in [0, 0.1) is 23.2 Å². The van der Waals surface area contributed by atoms with Gasteiger partial charge in [-0.2, -0.15) is 0 Å². The second kappa shape index (κ2) is 4.29. The lowest BCUT2D eigenvalue weighted by molar-refractivity contribution is -0.157. The fourth-order valence-electron chi connectivity index (χ4n) is 5.10. The molecule has 0 aliphatic heterocycles. The van der Waals surface area contributed by atoms with Crippen LogP contribution >= 0.6 is 0 Å². The van der Waals surface area contributed by atoms with Crippen LogP contribution in [-0.2, 0) is 4.79 Å². The van der Waals surface area contributed by atoms with Gasteiger partial charge in [-0.05, 0) is 49.9 Å². The zero-order valence-corrected chi connectivity index (χ0v) is 10.7. The number of carbonyl (C=O) groups is 1. The van der Waals surface area contributed by atoms with Gasteiger partial charge >= 0.3 is 5.97 Å². The van der Waals surface area contributed by atoms with Gasteiger partial charge < -0.3 is 5.11 Å². The van der Waals surface area contributed by atoms with E-state index in [1.807, 2.05) is 0 Å². The highest BCUT2D eigenvalue weighted by Crippen LogP contribution is 2.61. The van der Waals surface area contributed by atoms with E-state index in [1.165, 1.54) is 57.8 Å². The Kier molecular flexibility index (Phi) is 2.92. The van der Waals surface area contributed by atoms with Gasteiger partial charge in [-0.15, -0.1) is 0 Å². The molecule has 0 aromatic rings. The molecule has 2 nitrogen and oxygen atoms in total. The van der Waals surface area contributed by atoms with E-state index in [2.05, 4.69) is 0 Å². The third-order valence-corrected chi connectivity index (χ3v) is 5.88. The van der Waals surface area contributed by atoms with Gasteiger partial charge in [-0.1, -0.05) is 32.1 Å². The molecule has 0 spiro atoms. The molecule has 3 saturated carbocycles. The number of aliphatic carboxylic acids is 1. The Morgan fingerprint density at radius 3 is 2.12 bits per heavy atom. The fourth-order valence-corrected chi connectivity index (χ4v) is 5.10. The van der Waals surface area contributed by atoms with Crippen molar-refractivity contribution in [3.63, 3.8) is 0 Å². The molecule has 0 amide bonds. The molecule has 3 rings (SSSR count). The summed E-state index contributed by atoms with van der Waals surface area (Å²) in [6.45, 7) is 0. The summed E-state index contributed by atoms with van der Waals surface area (Å²) in [5, 5.41) is 9.83. The second-order valence-corrected chi connectivity index (χ2v) is 6.61. The van der Waals surface area contributed by atoms with Crippen LogP contribution in [-0.4, -0.2) is 11.1 Å². The van der Waals surface area contributed by atoms with Crippen LogP contribution in [0.25, 0.3) is 0 Å². The topological polar surface area (TPSA) is 37.3 Å². The molecule has 0 radical (unpaired) electrons. The summed E-state index contributed by atoms with van der Waals surface area (Å²) in [4.78, 5) is 11.9. The van der Waals surface area contributed by atoms with Gasteiger partial charge in [0.05, 0.1) is 5.41 Å². The zero-order valence-electron chi connectivity index (χ0n) is 10.7. The third-order valence-electron chi connectivity index (χ3n) is 5.88. The number of hydrogen-bond acceptors (Lipinski definition) is 1. The predicted octanol–water partition coefficient (Wildman–Crippen LogP) is 3.85. The smallest absolute Gasteiger partial charge is 0.310 e. The maximum absolute atomic E-state index is 11.9. The molecule has 1 N–H and O–H groups in total. The summed E-state index contributed by atoms with van der Waals surface area (Å²) >= 11 is 0. The van der Waals surface area contributed by atoms with E-state index < -0.39 is 5.97 Å². The Bertz CT molecular complexity index is 304. The molecular weight excluding hydrogens is 212 g/mol. The Labute approximate surface area is 104 Å². The summed E-state index contributed by atoms with van der Waals surface area (Å²) in [7, 11) is 0. The lowest BCUT2D eigenvalue weighted by Gasteiger charge is -2.40. The quantitative estimate of drug-likeness (QED) is 0.739. The molecule has 3 aliphatic carbocycles. The number of rotatable bonds is 2. The number of hydrogen-bond donors (Lipinski definition) is 1. The van der Waals surface area contributed by atoms with Crippen LogP contribution in [0.3, 0.4) is 0 Å². The first-order valence-electron chi connectivity index (χ1n) is 7.47. The van der Waals surface area contributed by atoms with E-state index in [1.54, 1.807) is 0 Å². The molecule has 0 aromatic heterocycles.